The molecular formula is C12H14F2N4. The number of benzene rings is 1. The van der Waals surface area contributed by atoms with Crippen LogP contribution in [-0.2, 0) is 13.6 Å². The van der Waals surface area contributed by atoms with Crippen molar-refractivity contribution in [3.63, 3.8) is 0 Å². The largest absolute Gasteiger partial charge is 0.303 e. The maximum atomic E-state index is 13.5. The van der Waals surface area contributed by atoms with Gasteiger partial charge in [0.15, 0.2) is 5.82 Å². The zero-order valence-corrected chi connectivity index (χ0v) is 10.2. The minimum absolute atomic E-state index is 0.241. The van der Waals surface area contributed by atoms with Gasteiger partial charge in [-0.25, -0.2) is 13.8 Å². The van der Waals surface area contributed by atoms with E-state index < -0.39 is 11.6 Å². The van der Waals surface area contributed by atoms with E-state index in [0.29, 0.717) is 17.9 Å². The van der Waals surface area contributed by atoms with Crippen LogP contribution in [0, 0.1) is 11.6 Å². The first kappa shape index (κ1) is 12.6. The minimum atomic E-state index is -0.574. The van der Waals surface area contributed by atoms with Crippen LogP contribution in [-0.4, -0.2) is 14.8 Å². The molecule has 1 aromatic heterocycles. The van der Waals surface area contributed by atoms with Gasteiger partial charge in [0, 0.05) is 24.7 Å². The molecule has 2 aromatic rings. The lowest BCUT2D eigenvalue weighted by molar-refractivity contribution is 0.510. The third-order valence-electron chi connectivity index (χ3n) is 2.64. The fraction of sp³-hybridized carbons (Fsp3) is 0.333. The molecule has 2 rings (SSSR count). The van der Waals surface area contributed by atoms with Crippen LogP contribution >= 0.6 is 0 Å². The maximum Gasteiger partial charge on any atom is 0.164 e. The zero-order valence-electron chi connectivity index (χ0n) is 10.2. The predicted molar refractivity (Wildman–Crippen MR) is 62.6 cm³/mol. The summed E-state index contributed by atoms with van der Waals surface area (Å²) in [7, 11) is 1.78. The van der Waals surface area contributed by atoms with Gasteiger partial charge in [-0.15, -0.1) is 0 Å². The molecule has 1 heterocycles. The summed E-state index contributed by atoms with van der Waals surface area (Å²) in [4.78, 5) is 4.05. The molecule has 0 amide bonds. The number of hydrogen-bond donors (Lipinski definition) is 1. The Labute approximate surface area is 104 Å². The highest BCUT2D eigenvalue weighted by molar-refractivity contribution is 5.21. The summed E-state index contributed by atoms with van der Waals surface area (Å²) in [5.74, 6) is -0.495. The highest BCUT2D eigenvalue weighted by Crippen LogP contribution is 2.17. The van der Waals surface area contributed by atoms with Gasteiger partial charge in [-0.05, 0) is 13.0 Å². The second-order valence-corrected chi connectivity index (χ2v) is 4.10. The molecule has 0 spiro atoms. The van der Waals surface area contributed by atoms with E-state index in [-0.39, 0.29) is 6.04 Å². The van der Waals surface area contributed by atoms with Gasteiger partial charge in [-0.2, -0.15) is 5.10 Å². The minimum Gasteiger partial charge on any atom is -0.303 e. The van der Waals surface area contributed by atoms with Gasteiger partial charge in [0.1, 0.15) is 18.0 Å². The molecule has 1 atom stereocenters. The predicted octanol–water partition coefficient (Wildman–Crippen LogP) is 1.94. The highest BCUT2D eigenvalue weighted by atomic mass is 19.1. The number of halogens is 2. The molecular weight excluding hydrogens is 238 g/mol. The molecule has 4 nitrogen and oxygen atoms in total. The maximum absolute atomic E-state index is 13.5. The molecule has 0 saturated heterocycles. The van der Waals surface area contributed by atoms with Crippen LogP contribution < -0.4 is 5.32 Å². The van der Waals surface area contributed by atoms with Crippen LogP contribution in [0.1, 0.15) is 24.4 Å². The summed E-state index contributed by atoms with van der Waals surface area (Å²) in [6.45, 7) is 2.23. The van der Waals surface area contributed by atoms with E-state index in [1.165, 1.54) is 12.1 Å². The van der Waals surface area contributed by atoms with Crippen molar-refractivity contribution in [2.24, 2.45) is 7.05 Å². The number of nitrogens with one attached hydrogen (secondary N) is 1. The van der Waals surface area contributed by atoms with E-state index in [1.54, 1.807) is 25.0 Å². The lowest BCUT2D eigenvalue weighted by atomic mass is 10.1. The van der Waals surface area contributed by atoms with Gasteiger partial charge >= 0.3 is 0 Å². The molecule has 96 valence electrons. The normalized spacial score (nSPS) is 12.7. The first-order chi connectivity index (χ1) is 8.56. The number of hydrogen-bond acceptors (Lipinski definition) is 3. The average Bonchev–Trinajstić information content (AvgIpc) is 2.72. The molecule has 1 N–H and O–H groups in total. The third-order valence-corrected chi connectivity index (χ3v) is 2.64. The number of aromatic nitrogens is 3. The van der Waals surface area contributed by atoms with Crippen LogP contribution in [0.2, 0.25) is 0 Å². The Hall–Kier alpha value is -1.82. The summed E-state index contributed by atoms with van der Waals surface area (Å²) in [6, 6.07) is 3.32. The van der Waals surface area contributed by atoms with Crippen molar-refractivity contribution >= 4 is 0 Å². The summed E-state index contributed by atoms with van der Waals surface area (Å²) in [6.07, 6.45) is 1.60. The first-order valence-electron chi connectivity index (χ1n) is 5.59. The van der Waals surface area contributed by atoms with E-state index >= 15 is 0 Å². The number of rotatable bonds is 4. The van der Waals surface area contributed by atoms with Gasteiger partial charge in [0.25, 0.3) is 0 Å². The Morgan fingerprint density at radius 2 is 2.17 bits per heavy atom. The zero-order chi connectivity index (χ0) is 13.1. The lowest BCUT2D eigenvalue weighted by Gasteiger charge is -2.13. The van der Waals surface area contributed by atoms with Crippen molar-refractivity contribution in [1.29, 1.82) is 0 Å². The Balaban J connectivity index is 2.01. The molecule has 18 heavy (non-hydrogen) atoms. The van der Waals surface area contributed by atoms with Crippen molar-refractivity contribution < 1.29 is 8.78 Å². The van der Waals surface area contributed by atoms with E-state index in [2.05, 4.69) is 15.4 Å². The van der Waals surface area contributed by atoms with E-state index in [1.807, 2.05) is 0 Å². The molecule has 1 aromatic carbocycles. The van der Waals surface area contributed by atoms with Crippen molar-refractivity contribution in [2.75, 3.05) is 0 Å². The van der Waals surface area contributed by atoms with Gasteiger partial charge in [0.05, 0.1) is 6.54 Å². The Kier molecular flexibility index (Phi) is 3.66. The smallest absolute Gasteiger partial charge is 0.164 e. The third kappa shape index (κ3) is 2.89. The molecule has 0 bridgehead atoms. The monoisotopic (exact) mass is 252 g/mol. The summed E-state index contributed by atoms with van der Waals surface area (Å²) in [5, 5.41) is 7.19. The van der Waals surface area contributed by atoms with Crippen LogP contribution in [0.4, 0.5) is 8.78 Å². The van der Waals surface area contributed by atoms with Crippen LogP contribution in [0.15, 0.2) is 24.5 Å². The van der Waals surface area contributed by atoms with Gasteiger partial charge in [-0.3, -0.25) is 4.68 Å². The fourth-order valence-electron chi connectivity index (χ4n) is 1.67. The van der Waals surface area contributed by atoms with Crippen molar-refractivity contribution in [1.82, 2.24) is 20.1 Å². The van der Waals surface area contributed by atoms with E-state index in [0.717, 1.165) is 6.07 Å². The van der Waals surface area contributed by atoms with Crippen molar-refractivity contribution in [3.8, 4) is 0 Å². The summed E-state index contributed by atoms with van der Waals surface area (Å²) < 4.78 is 27.9. The number of aryl methyl sites for hydroxylation is 1. The Bertz CT molecular complexity index is 539. The highest BCUT2D eigenvalue weighted by Gasteiger charge is 2.11. The quantitative estimate of drug-likeness (QED) is 0.904. The molecule has 6 heteroatoms. The molecule has 0 radical (unpaired) electrons. The molecule has 0 aliphatic heterocycles. The average molecular weight is 252 g/mol. The topological polar surface area (TPSA) is 42.7 Å². The van der Waals surface area contributed by atoms with Crippen LogP contribution in [0.3, 0.4) is 0 Å². The van der Waals surface area contributed by atoms with Crippen molar-refractivity contribution in [2.45, 2.75) is 19.5 Å². The summed E-state index contributed by atoms with van der Waals surface area (Å²) >= 11 is 0. The molecule has 0 aliphatic carbocycles. The van der Waals surface area contributed by atoms with Crippen molar-refractivity contribution in [3.05, 3.63) is 47.5 Å². The van der Waals surface area contributed by atoms with Crippen LogP contribution in [0.25, 0.3) is 0 Å². The lowest BCUT2D eigenvalue weighted by Crippen LogP contribution is -2.20. The Morgan fingerprint density at radius 1 is 1.39 bits per heavy atom. The SMILES string of the molecule is CC(NCc1ncn(C)n1)c1ccc(F)cc1F. The summed E-state index contributed by atoms with van der Waals surface area (Å²) in [5.41, 5.74) is 0.423. The molecule has 0 fully saturated rings. The van der Waals surface area contributed by atoms with Gasteiger partial charge < -0.3 is 5.32 Å². The molecule has 0 saturated carbocycles. The fourth-order valence-corrected chi connectivity index (χ4v) is 1.67. The van der Waals surface area contributed by atoms with Gasteiger partial charge in [0.2, 0.25) is 0 Å². The molecule has 0 aliphatic rings. The van der Waals surface area contributed by atoms with E-state index in [4.69, 9.17) is 0 Å². The van der Waals surface area contributed by atoms with Crippen LogP contribution in [0.5, 0.6) is 0 Å². The van der Waals surface area contributed by atoms with Gasteiger partial charge in [-0.1, -0.05) is 6.07 Å². The second-order valence-electron chi connectivity index (χ2n) is 4.10. The second kappa shape index (κ2) is 5.22. The first-order valence-corrected chi connectivity index (χ1v) is 5.59. The standard InChI is InChI=1S/C12H14F2N4/c1-8(10-4-3-9(13)5-11(10)14)15-6-12-16-7-18(2)17-12/h3-5,7-8,15H,6H2,1-2H3. The van der Waals surface area contributed by atoms with E-state index in [9.17, 15) is 8.78 Å². The molecule has 1 unspecified atom stereocenters. The Morgan fingerprint density at radius 3 is 2.78 bits per heavy atom. The number of nitrogens with zero attached hydrogens (tertiary/aromatic N) is 3.